The highest BCUT2D eigenvalue weighted by Gasteiger charge is 2.14. The number of halogens is 1. The van der Waals surface area contributed by atoms with E-state index >= 15 is 0 Å². The van der Waals surface area contributed by atoms with Crippen LogP contribution in [0.3, 0.4) is 0 Å². The summed E-state index contributed by atoms with van der Waals surface area (Å²) in [6.07, 6.45) is 1.82. The Morgan fingerprint density at radius 3 is 2.52 bits per heavy atom. The van der Waals surface area contributed by atoms with Gasteiger partial charge in [0.25, 0.3) is 0 Å². The van der Waals surface area contributed by atoms with Gasteiger partial charge in [0.05, 0.1) is 11.5 Å². The molecule has 0 atom stereocenters. The third kappa shape index (κ3) is 5.57. The van der Waals surface area contributed by atoms with Crippen LogP contribution in [0.4, 0.5) is 0 Å². The predicted molar refractivity (Wildman–Crippen MR) is 115 cm³/mol. The Morgan fingerprint density at radius 1 is 1.07 bits per heavy atom. The predicted octanol–water partition coefficient (Wildman–Crippen LogP) is 5.49. The second-order valence-corrected chi connectivity index (χ2v) is 8.53. The first-order chi connectivity index (χ1) is 13.2. The van der Waals surface area contributed by atoms with E-state index in [1.807, 2.05) is 53.1 Å². The van der Waals surface area contributed by atoms with E-state index in [1.165, 1.54) is 16.7 Å². The van der Waals surface area contributed by atoms with Gasteiger partial charge in [-0.15, -0.1) is 28.5 Å². The third-order valence-electron chi connectivity index (χ3n) is 3.71. The lowest BCUT2D eigenvalue weighted by molar-refractivity contribution is 0.102. The normalized spacial score (nSPS) is 10.7. The summed E-state index contributed by atoms with van der Waals surface area (Å²) >= 11 is 6.50. The van der Waals surface area contributed by atoms with Crippen molar-refractivity contribution in [3.05, 3.63) is 83.1 Å². The Bertz CT molecular complexity index is 911. The minimum absolute atomic E-state index is 0.0702. The fourth-order valence-corrected chi connectivity index (χ4v) is 4.34. The molecular weight excluding hydrogens is 442 g/mol. The largest absolute Gasteiger partial charge is 0.301 e. The zero-order valence-corrected chi connectivity index (χ0v) is 17.8. The van der Waals surface area contributed by atoms with Gasteiger partial charge < -0.3 is 4.57 Å². The van der Waals surface area contributed by atoms with Crippen LogP contribution in [0, 0.1) is 0 Å². The molecule has 0 fully saturated rings. The van der Waals surface area contributed by atoms with Crippen molar-refractivity contribution >= 4 is 45.2 Å². The summed E-state index contributed by atoms with van der Waals surface area (Å²) in [6.45, 7) is 4.44. The molecular formula is C20H18BrN3OS2. The molecule has 0 unspecified atom stereocenters. The van der Waals surface area contributed by atoms with Crippen LogP contribution in [0.2, 0.25) is 0 Å². The Kier molecular flexibility index (Phi) is 7.32. The maximum absolute atomic E-state index is 12.4. The number of allylic oxidation sites excluding steroid dienone is 1. The van der Waals surface area contributed by atoms with Crippen molar-refractivity contribution in [3.63, 3.8) is 0 Å². The number of aromatic nitrogens is 3. The number of benzene rings is 2. The van der Waals surface area contributed by atoms with E-state index < -0.39 is 0 Å². The molecule has 1 heterocycles. The van der Waals surface area contributed by atoms with Crippen molar-refractivity contribution in [2.24, 2.45) is 0 Å². The van der Waals surface area contributed by atoms with Crippen molar-refractivity contribution < 1.29 is 4.79 Å². The minimum Gasteiger partial charge on any atom is -0.301 e. The molecule has 0 radical (unpaired) electrons. The second-order valence-electron chi connectivity index (χ2n) is 5.62. The number of carbonyl (C=O) groups excluding carboxylic acids is 1. The van der Waals surface area contributed by atoms with Crippen molar-refractivity contribution in [2.45, 2.75) is 22.3 Å². The van der Waals surface area contributed by atoms with Gasteiger partial charge in [-0.25, -0.2) is 0 Å². The number of Topliss-reactive ketones (excluding diaryl/α,β-unsaturated/α-hetero) is 1. The summed E-state index contributed by atoms with van der Waals surface area (Å²) in [4.78, 5) is 13.6. The SMILES string of the molecule is C=CCn1c(CSc2ccccc2)nnc1SCC(=O)c1ccc(Br)cc1. The van der Waals surface area contributed by atoms with Crippen LogP contribution < -0.4 is 0 Å². The highest BCUT2D eigenvalue weighted by atomic mass is 79.9. The Labute approximate surface area is 175 Å². The molecule has 4 nitrogen and oxygen atoms in total. The zero-order valence-electron chi connectivity index (χ0n) is 14.5. The first-order valence-corrected chi connectivity index (χ1v) is 11.1. The van der Waals surface area contributed by atoms with Crippen molar-refractivity contribution in [1.29, 1.82) is 0 Å². The molecule has 0 bridgehead atoms. The zero-order chi connectivity index (χ0) is 19.1. The molecule has 0 spiro atoms. The van der Waals surface area contributed by atoms with Gasteiger partial charge in [-0.2, -0.15) is 0 Å². The van der Waals surface area contributed by atoms with E-state index in [0.717, 1.165) is 15.5 Å². The van der Waals surface area contributed by atoms with Gasteiger partial charge in [0.15, 0.2) is 10.9 Å². The highest BCUT2D eigenvalue weighted by molar-refractivity contribution is 9.10. The summed E-state index contributed by atoms with van der Waals surface area (Å²) < 4.78 is 2.97. The summed E-state index contributed by atoms with van der Waals surface area (Å²) in [5.41, 5.74) is 0.695. The first-order valence-electron chi connectivity index (χ1n) is 8.30. The second kappa shape index (κ2) is 9.92. The summed E-state index contributed by atoms with van der Waals surface area (Å²) in [5, 5.41) is 9.34. The van der Waals surface area contributed by atoms with E-state index in [0.29, 0.717) is 23.6 Å². The highest BCUT2D eigenvalue weighted by Crippen LogP contribution is 2.25. The lowest BCUT2D eigenvalue weighted by Crippen LogP contribution is -2.06. The van der Waals surface area contributed by atoms with Crippen LogP contribution in [0.1, 0.15) is 16.2 Å². The van der Waals surface area contributed by atoms with E-state index in [-0.39, 0.29) is 5.78 Å². The molecule has 0 amide bonds. The van der Waals surface area contributed by atoms with Crippen LogP contribution in [0.15, 0.2) is 81.8 Å². The quantitative estimate of drug-likeness (QED) is 0.240. The number of hydrogen-bond donors (Lipinski definition) is 0. The summed E-state index contributed by atoms with van der Waals surface area (Å²) in [6, 6.07) is 17.6. The lowest BCUT2D eigenvalue weighted by atomic mass is 10.2. The first kappa shape index (κ1) is 19.9. The van der Waals surface area contributed by atoms with Gasteiger partial charge in [0, 0.05) is 21.5 Å². The molecule has 0 aliphatic rings. The fraction of sp³-hybridized carbons (Fsp3) is 0.150. The van der Waals surface area contributed by atoms with Crippen molar-refractivity contribution in [2.75, 3.05) is 5.75 Å². The molecule has 0 saturated heterocycles. The number of ketones is 1. The standard InChI is InChI=1S/C20H18BrN3OS2/c1-2-12-24-19(14-26-17-6-4-3-5-7-17)22-23-20(24)27-13-18(25)15-8-10-16(21)11-9-15/h2-11H,1,12-14H2. The van der Waals surface area contributed by atoms with Crippen LogP contribution in [0.5, 0.6) is 0 Å². The fourth-order valence-electron chi connectivity index (χ4n) is 2.36. The molecule has 0 N–H and O–H groups in total. The van der Waals surface area contributed by atoms with Crippen molar-refractivity contribution in [1.82, 2.24) is 14.8 Å². The molecule has 7 heteroatoms. The monoisotopic (exact) mass is 459 g/mol. The number of thioether (sulfide) groups is 2. The summed E-state index contributed by atoms with van der Waals surface area (Å²) in [5.74, 6) is 1.98. The number of carbonyl (C=O) groups is 1. The molecule has 0 aliphatic heterocycles. The Morgan fingerprint density at radius 2 is 1.81 bits per heavy atom. The Hall–Kier alpha value is -1.83. The molecule has 27 heavy (non-hydrogen) atoms. The maximum atomic E-state index is 12.4. The molecule has 0 aliphatic carbocycles. The number of hydrogen-bond acceptors (Lipinski definition) is 5. The van der Waals surface area contributed by atoms with Gasteiger partial charge in [-0.05, 0) is 24.3 Å². The average Bonchev–Trinajstić information content (AvgIpc) is 3.08. The van der Waals surface area contributed by atoms with Gasteiger partial charge >= 0.3 is 0 Å². The van der Waals surface area contributed by atoms with Crippen LogP contribution in [-0.2, 0) is 12.3 Å². The molecule has 138 valence electrons. The van der Waals surface area contributed by atoms with Crippen LogP contribution in [-0.4, -0.2) is 26.3 Å². The topological polar surface area (TPSA) is 47.8 Å². The number of rotatable bonds is 9. The van der Waals surface area contributed by atoms with Crippen LogP contribution >= 0.6 is 39.5 Å². The maximum Gasteiger partial charge on any atom is 0.191 e. The molecule has 3 aromatic rings. The third-order valence-corrected chi connectivity index (χ3v) is 6.22. The Balaban J connectivity index is 1.66. The van der Waals surface area contributed by atoms with Gasteiger partial charge in [-0.3, -0.25) is 4.79 Å². The molecule has 2 aromatic carbocycles. The number of nitrogens with zero attached hydrogens (tertiary/aromatic N) is 3. The van der Waals surface area contributed by atoms with Gasteiger partial charge in [0.1, 0.15) is 5.82 Å². The van der Waals surface area contributed by atoms with Crippen LogP contribution in [0.25, 0.3) is 0 Å². The molecule has 3 rings (SSSR count). The average molecular weight is 460 g/mol. The van der Waals surface area contributed by atoms with E-state index in [4.69, 9.17) is 0 Å². The minimum atomic E-state index is 0.0702. The summed E-state index contributed by atoms with van der Waals surface area (Å²) in [7, 11) is 0. The lowest BCUT2D eigenvalue weighted by Gasteiger charge is -2.07. The van der Waals surface area contributed by atoms with E-state index in [1.54, 1.807) is 11.8 Å². The van der Waals surface area contributed by atoms with E-state index in [9.17, 15) is 4.79 Å². The molecule has 0 saturated carbocycles. The van der Waals surface area contributed by atoms with E-state index in [2.05, 4.69) is 44.8 Å². The molecule has 1 aromatic heterocycles. The van der Waals surface area contributed by atoms with Crippen molar-refractivity contribution in [3.8, 4) is 0 Å². The van der Waals surface area contributed by atoms with Gasteiger partial charge in [0.2, 0.25) is 0 Å². The smallest absolute Gasteiger partial charge is 0.191 e. The van der Waals surface area contributed by atoms with Gasteiger partial charge in [-0.1, -0.05) is 64.1 Å².